The van der Waals surface area contributed by atoms with Gasteiger partial charge in [-0.15, -0.1) is 0 Å². The Morgan fingerprint density at radius 3 is 2.10 bits per heavy atom. The predicted molar refractivity (Wildman–Crippen MR) is 35.5 cm³/mol. The quantitative estimate of drug-likeness (QED) is 0.588. The Kier molecular flexibility index (Phi) is 2.09. The van der Waals surface area contributed by atoms with E-state index in [2.05, 4.69) is 0 Å². The Hall–Kier alpha value is -0.370. The lowest BCUT2D eigenvalue weighted by Gasteiger charge is -2.05. The van der Waals surface area contributed by atoms with Crippen molar-refractivity contribution in [1.82, 2.24) is 0 Å². The number of rotatable bonds is 1. The summed E-state index contributed by atoms with van der Waals surface area (Å²) in [6.45, 7) is -3.88. The molecule has 10 heavy (non-hydrogen) atoms. The van der Waals surface area contributed by atoms with Crippen LogP contribution in [0.1, 0.15) is 0 Å². The van der Waals surface area contributed by atoms with Crippen molar-refractivity contribution in [2.24, 2.45) is 0 Å². The summed E-state index contributed by atoms with van der Waals surface area (Å²) >= 11 is 5.02. The van der Waals surface area contributed by atoms with Crippen LogP contribution in [0, 0.1) is 0 Å². The molecule has 0 radical (unpaired) electrons. The Balaban J connectivity index is 3.09. The van der Waals surface area contributed by atoms with Gasteiger partial charge in [-0.25, -0.2) is 4.57 Å². The second kappa shape index (κ2) is 2.70. The summed E-state index contributed by atoms with van der Waals surface area (Å²) < 4.78 is 11.5. The summed E-state index contributed by atoms with van der Waals surface area (Å²) in [6.07, 6.45) is 2.75. The van der Waals surface area contributed by atoms with Gasteiger partial charge >= 0.3 is 6.87 Å². The van der Waals surface area contributed by atoms with E-state index in [-0.39, 0.29) is 0 Å². The zero-order chi connectivity index (χ0) is 7.61. The highest BCUT2D eigenvalue weighted by Crippen LogP contribution is 2.33. The van der Waals surface area contributed by atoms with Crippen molar-refractivity contribution in [3.8, 4) is 0 Å². The van der Waals surface area contributed by atoms with Crippen LogP contribution in [0.25, 0.3) is 0 Å². The molecule has 0 spiro atoms. The third-order valence-corrected chi connectivity index (χ3v) is 2.32. The van der Waals surface area contributed by atoms with Gasteiger partial charge in [0.05, 0.1) is 0 Å². The molecule has 0 saturated heterocycles. The highest BCUT2D eigenvalue weighted by atomic mass is 35.7. The summed E-state index contributed by atoms with van der Waals surface area (Å²) in [5.74, 6) is 0. The van der Waals surface area contributed by atoms with Gasteiger partial charge in [0, 0.05) is 23.4 Å². The number of hydrogen-bond acceptors (Lipinski definition) is 2. The Morgan fingerprint density at radius 2 is 1.80 bits per heavy atom. The number of hydrogen-bond donors (Lipinski definition) is 0. The van der Waals surface area contributed by atoms with Crippen LogP contribution in [0.4, 0.5) is 0 Å². The van der Waals surface area contributed by atoms with Gasteiger partial charge in [0.2, 0.25) is 0 Å². The number of halogens is 1. The van der Waals surface area contributed by atoms with E-state index in [1.807, 2.05) is 0 Å². The third-order valence-electron chi connectivity index (χ3n) is 0.976. The summed E-state index contributed by atoms with van der Waals surface area (Å²) in [6, 6.07) is 4.89. The molecule has 0 aliphatic heterocycles. The Labute approximate surface area is 63.2 Å². The van der Waals surface area contributed by atoms with Crippen LogP contribution in [0.15, 0.2) is 30.6 Å². The molecule has 0 aliphatic carbocycles. The molecule has 5 heteroatoms. The van der Waals surface area contributed by atoms with Gasteiger partial charge < -0.3 is 4.89 Å². The maximum absolute atomic E-state index is 10.6. The molecular weight excluding hydrogens is 172 g/mol. The Morgan fingerprint density at radius 1 is 1.30 bits per heavy atom. The molecule has 1 atom stereocenters. The first-order valence-corrected chi connectivity index (χ1v) is 5.07. The van der Waals surface area contributed by atoms with E-state index in [0.717, 1.165) is 4.34 Å². The fourth-order valence-corrected chi connectivity index (χ4v) is 1.32. The van der Waals surface area contributed by atoms with Crippen molar-refractivity contribution in [2.45, 2.75) is 0 Å². The largest absolute Gasteiger partial charge is 0.733 e. The van der Waals surface area contributed by atoms with Crippen LogP contribution < -0.4 is 9.23 Å². The molecule has 1 aromatic rings. The lowest BCUT2D eigenvalue weighted by Crippen LogP contribution is -2.32. The van der Waals surface area contributed by atoms with Gasteiger partial charge in [0.25, 0.3) is 0 Å². The molecule has 3 nitrogen and oxygen atoms in total. The normalized spacial score (nSPS) is 16.2. The van der Waals surface area contributed by atoms with Crippen LogP contribution in [-0.4, -0.2) is 0 Å². The average molecular weight is 178 g/mol. The van der Waals surface area contributed by atoms with Crippen molar-refractivity contribution >= 4 is 18.1 Å². The van der Waals surface area contributed by atoms with Gasteiger partial charge in [-0.05, 0) is 0 Å². The van der Waals surface area contributed by atoms with E-state index < -0.39 is 6.87 Å². The first-order valence-electron chi connectivity index (χ1n) is 2.58. The second-order valence-electron chi connectivity index (χ2n) is 1.71. The first-order chi connectivity index (χ1) is 4.61. The summed E-state index contributed by atoms with van der Waals surface area (Å²) in [4.78, 5) is 10.6. The molecule has 0 bridgehead atoms. The maximum atomic E-state index is 10.6. The standard InChI is InChI=1S/C5H5ClNO2P/c6-10(8,9)7-4-2-1-3-5-7/h1-5H. The van der Waals surface area contributed by atoms with E-state index in [9.17, 15) is 9.46 Å². The summed E-state index contributed by atoms with van der Waals surface area (Å²) in [7, 11) is 0. The van der Waals surface area contributed by atoms with Gasteiger partial charge in [-0.3, -0.25) is 0 Å². The molecule has 0 N–H and O–H groups in total. The minimum Gasteiger partial charge on any atom is -0.733 e. The molecule has 0 saturated carbocycles. The zero-order valence-electron chi connectivity index (χ0n) is 4.98. The fourth-order valence-electron chi connectivity index (χ4n) is 0.549. The molecule has 1 unspecified atom stereocenters. The van der Waals surface area contributed by atoms with Crippen molar-refractivity contribution in [1.29, 1.82) is 0 Å². The zero-order valence-corrected chi connectivity index (χ0v) is 6.63. The van der Waals surface area contributed by atoms with E-state index in [1.165, 1.54) is 12.4 Å². The smallest absolute Gasteiger partial charge is 0.358 e. The van der Waals surface area contributed by atoms with Gasteiger partial charge in [0.1, 0.15) is 0 Å². The molecule has 54 valence electrons. The van der Waals surface area contributed by atoms with Crippen molar-refractivity contribution in [3.05, 3.63) is 30.6 Å². The van der Waals surface area contributed by atoms with Gasteiger partial charge in [-0.1, -0.05) is 6.07 Å². The van der Waals surface area contributed by atoms with Gasteiger partial charge in [0.15, 0.2) is 12.4 Å². The number of nitrogens with zero attached hydrogens (tertiary/aromatic N) is 1. The van der Waals surface area contributed by atoms with Gasteiger partial charge in [-0.2, -0.15) is 4.34 Å². The molecule has 1 aromatic heterocycles. The molecule has 0 aliphatic rings. The van der Waals surface area contributed by atoms with E-state index in [1.54, 1.807) is 18.2 Å². The lowest BCUT2D eigenvalue weighted by molar-refractivity contribution is -0.553. The van der Waals surface area contributed by atoms with Crippen LogP contribution in [0.5, 0.6) is 0 Å². The summed E-state index contributed by atoms with van der Waals surface area (Å²) in [5.41, 5.74) is 0. The lowest BCUT2D eigenvalue weighted by atomic mass is 10.5. The number of aromatic nitrogens is 1. The predicted octanol–water partition coefficient (Wildman–Crippen LogP) is 0.529. The van der Waals surface area contributed by atoms with Crippen LogP contribution in [0.3, 0.4) is 0 Å². The average Bonchev–Trinajstić information content (AvgIpc) is 1.88. The monoisotopic (exact) mass is 177 g/mol. The third kappa shape index (κ3) is 1.81. The highest BCUT2D eigenvalue weighted by Gasteiger charge is 2.12. The SMILES string of the molecule is O=P([O-])(Cl)[n+]1ccccc1. The molecular formula is C5H5ClNO2P. The highest BCUT2D eigenvalue weighted by molar-refractivity contribution is 7.77. The molecule has 1 rings (SSSR count). The molecule has 0 fully saturated rings. The first kappa shape index (κ1) is 7.73. The molecule has 0 amide bonds. The van der Waals surface area contributed by atoms with E-state index >= 15 is 0 Å². The van der Waals surface area contributed by atoms with Crippen molar-refractivity contribution in [2.75, 3.05) is 0 Å². The minimum atomic E-state index is -3.88. The van der Waals surface area contributed by atoms with Crippen molar-refractivity contribution in [3.63, 3.8) is 0 Å². The van der Waals surface area contributed by atoms with Crippen molar-refractivity contribution < 1.29 is 13.8 Å². The van der Waals surface area contributed by atoms with Crippen LogP contribution >= 0.6 is 18.1 Å². The fraction of sp³-hybridized carbons (Fsp3) is 0. The van der Waals surface area contributed by atoms with Crippen LogP contribution in [0.2, 0.25) is 0 Å². The Bertz CT molecular complexity index is 258. The molecule has 1 heterocycles. The van der Waals surface area contributed by atoms with E-state index in [0.29, 0.717) is 0 Å². The molecule has 0 aromatic carbocycles. The van der Waals surface area contributed by atoms with Crippen LogP contribution in [-0.2, 0) is 4.57 Å². The maximum Gasteiger partial charge on any atom is 0.358 e. The topological polar surface area (TPSA) is 44.0 Å². The number of pyridine rings is 1. The van der Waals surface area contributed by atoms with E-state index in [4.69, 9.17) is 11.2 Å². The summed E-state index contributed by atoms with van der Waals surface area (Å²) in [5, 5.41) is 0. The minimum absolute atomic E-state index is 0.953. The second-order valence-corrected chi connectivity index (χ2v) is 4.35.